The van der Waals surface area contributed by atoms with E-state index in [2.05, 4.69) is 9.97 Å². The zero-order chi connectivity index (χ0) is 25.4. The summed E-state index contributed by atoms with van der Waals surface area (Å²) in [5.41, 5.74) is 1.24. The second kappa shape index (κ2) is 9.29. The number of para-hydroxylation sites is 1. The number of nitrogens with one attached hydrogen (secondary N) is 1. The number of fused-ring (bicyclic) bond motifs is 1. The van der Waals surface area contributed by atoms with Gasteiger partial charge in [-0.05, 0) is 58.9 Å². The molecule has 0 atom stereocenters. The molecule has 2 aromatic carbocycles. The van der Waals surface area contributed by atoms with Crippen molar-refractivity contribution in [2.24, 2.45) is 0 Å². The van der Waals surface area contributed by atoms with E-state index < -0.39 is 29.1 Å². The number of carbonyl (C=O) groups excluding carboxylic acids is 1. The highest BCUT2D eigenvalue weighted by Crippen LogP contribution is 2.37. The monoisotopic (exact) mass is 478 g/mol. The molecule has 0 bridgehead atoms. The highest BCUT2D eigenvalue weighted by Gasteiger charge is 2.26. The molecule has 35 heavy (non-hydrogen) atoms. The van der Waals surface area contributed by atoms with Crippen LogP contribution in [-0.4, -0.2) is 22.0 Å². The molecule has 0 aliphatic heterocycles. The molecule has 4 rings (SSSR count). The van der Waals surface area contributed by atoms with Gasteiger partial charge >= 0.3 is 5.97 Å². The molecule has 0 unspecified atom stereocenters. The van der Waals surface area contributed by atoms with Crippen molar-refractivity contribution in [1.29, 1.82) is 0 Å². The van der Waals surface area contributed by atoms with Crippen LogP contribution < -0.4 is 10.2 Å². The van der Waals surface area contributed by atoms with Gasteiger partial charge in [0.1, 0.15) is 11.3 Å². The summed E-state index contributed by atoms with van der Waals surface area (Å²) >= 11 is 0. The van der Waals surface area contributed by atoms with E-state index in [1.165, 1.54) is 13.0 Å². The summed E-state index contributed by atoms with van der Waals surface area (Å²) in [6.07, 6.45) is -0.452. The quantitative estimate of drug-likeness (QED) is 0.348. The van der Waals surface area contributed by atoms with E-state index in [1.54, 1.807) is 45.9 Å². The Morgan fingerprint density at radius 1 is 1.03 bits per heavy atom. The number of hydrogen-bond donors (Lipinski definition) is 1. The van der Waals surface area contributed by atoms with Gasteiger partial charge in [-0.1, -0.05) is 18.2 Å². The van der Waals surface area contributed by atoms with Gasteiger partial charge in [-0.2, -0.15) is 0 Å². The minimum atomic E-state index is -1.04. The lowest BCUT2D eigenvalue weighted by atomic mass is 10.0. The van der Waals surface area contributed by atoms with Crippen molar-refractivity contribution < 1.29 is 23.0 Å². The normalized spacial score (nSPS) is 11.2. The van der Waals surface area contributed by atoms with Crippen LogP contribution in [0.5, 0.6) is 11.6 Å². The second-order valence-corrected chi connectivity index (χ2v) is 8.53. The van der Waals surface area contributed by atoms with Gasteiger partial charge in [-0.3, -0.25) is 4.79 Å². The summed E-state index contributed by atoms with van der Waals surface area (Å²) in [7, 11) is 0. The first-order valence-electron chi connectivity index (χ1n) is 11.1. The molecule has 0 amide bonds. The number of ether oxygens (including phenoxy) is 2. The molecule has 0 saturated carbocycles. The van der Waals surface area contributed by atoms with Crippen molar-refractivity contribution in [3.05, 3.63) is 86.7 Å². The Morgan fingerprint density at radius 3 is 2.46 bits per heavy atom. The van der Waals surface area contributed by atoms with Gasteiger partial charge in [-0.15, -0.1) is 0 Å². The van der Waals surface area contributed by atoms with Crippen LogP contribution in [0.1, 0.15) is 41.0 Å². The molecule has 8 heteroatoms. The van der Waals surface area contributed by atoms with Crippen LogP contribution in [0.15, 0.2) is 47.3 Å². The first kappa shape index (κ1) is 24.1. The molecule has 4 aromatic rings. The lowest BCUT2D eigenvalue weighted by Gasteiger charge is -2.17. The average Bonchev–Trinajstić information content (AvgIpc) is 2.81. The van der Waals surface area contributed by atoms with Gasteiger partial charge in [0.05, 0.1) is 22.9 Å². The van der Waals surface area contributed by atoms with Crippen LogP contribution in [0.25, 0.3) is 22.2 Å². The molecule has 2 heterocycles. The third-order valence-electron chi connectivity index (χ3n) is 5.69. The van der Waals surface area contributed by atoms with Gasteiger partial charge in [0.2, 0.25) is 5.88 Å². The molecular weight excluding hydrogens is 454 g/mol. The number of rotatable bonds is 5. The number of hydrogen-bond acceptors (Lipinski definition) is 5. The topological polar surface area (TPSA) is 81.3 Å². The molecule has 6 nitrogen and oxygen atoms in total. The maximum atomic E-state index is 14.2. The SMILES string of the molecule is Cc1[nH]c(-c2cc3ccccc3nc2Oc2ccc(F)c(F)c2C)c(C(=O)OC(C)C)c(=O)c1C. The molecule has 0 radical (unpaired) electrons. The molecule has 0 aliphatic rings. The number of aryl methyl sites for hydroxylation is 1. The standard InChI is InChI=1S/C27H24F2N2O4/c1-13(2)34-27(33)22-24(30-16(5)14(3)25(22)32)18-12-17-8-6-7-9-20(17)31-26(18)35-21-11-10-19(28)23(29)15(21)4/h6-13H,1-5H3,(H,30,32). The number of aromatic amines is 1. The van der Waals surface area contributed by atoms with Crippen molar-refractivity contribution in [3.63, 3.8) is 0 Å². The maximum absolute atomic E-state index is 14.2. The molecule has 0 fully saturated rings. The molecule has 180 valence electrons. The van der Waals surface area contributed by atoms with Crippen molar-refractivity contribution in [1.82, 2.24) is 9.97 Å². The number of esters is 1. The molecule has 0 spiro atoms. The number of pyridine rings is 2. The highest BCUT2D eigenvalue weighted by atomic mass is 19.2. The third-order valence-corrected chi connectivity index (χ3v) is 5.69. The average molecular weight is 478 g/mol. The number of carbonyl (C=O) groups is 1. The molecule has 1 N–H and O–H groups in total. The minimum Gasteiger partial charge on any atom is -0.459 e. The van der Waals surface area contributed by atoms with Crippen molar-refractivity contribution in [2.45, 2.75) is 40.7 Å². The first-order chi connectivity index (χ1) is 16.6. The van der Waals surface area contributed by atoms with Crippen LogP contribution >= 0.6 is 0 Å². The van der Waals surface area contributed by atoms with Gasteiger partial charge in [-0.25, -0.2) is 18.6 Å². The number of H-pyrrole nitrogens is 1. The molecule has 2 aromatic heterocycles. The number of halogens is 2. The minimum absolute atomic E-state index is 0.00954. The predicted octanol–water partition coefficient (Wildman–Crippen LogP) is 6.15. The van der Waals surface area contributed by atoms with E-state index in [9.17, 15) is 18.4 Å². The summed E-state index contributed by atoms with van der Waals surface area (Å²) in [6, 6.07) is 11.2. The van der Waals surface area contributed by atoms with Gasteiger partial charge in [0.25, 0.3) is 0 Å². The Labute approximate surface area is 200 Å². The summed E-state index contributed by atoms with van der Waals surface area (Å²) < 4.78 is 39.2. The number of aromatic nitrogens is 2. The second-order valence-electron chi connectivity index (χ2n) is 8.53. The molecule has 0 saturated heterocycles. The van der Waals surface area contributed by atoms with E-state index in [0.29, 0.717) is 22.3 Å². The number of nitrogens with zero attached hydrogens (tertiary/aromatic N) is 1. The smallest absolute Gasteiger partial charge is 0.344 e. The Balaban J connectivity index is 2.02. The first-order valence-corrected chi connectivity index (χ1v) is 11.1. The zero-order valence-electron chi connectivity index (χ0n) is 20.0. The van der Waals surface area contributed by atoms with Crippen LogP contribution in [0, 0.1) is 32.4 Å². The van der Waals surface area contributed by atoms with Crippen LogP contribution in [0.3, 0.4) is 0 Å². The summed E-state index contributed by atoms with van der Waals surface area (Å²) in [4.78, 5) is 33.9. The van der Waals surface area contributed by atoms with Gasteiger partial charge in [0, 0.05) is 22.2 Å². The van der Waals surface area contributed by atoms with Crippen molar-refractivity contribution >= 4 is 16.9 Å². The molecular formula is C27H24F2N2O4. The van der Waals surface area contributed by atoms with E-state index in [4.69, 9.17) is 9.47 Å². The number of benzene rings is 2. The van der Waals surface area contributed by atoms with E-state index >= 15 is 0 Å². The predicted molar refractivity (Wildman–Crippen MR) is 129 cm³/mol. The lowest BCUT2D eigenvalue weighted by molar-refractivity contribution is 0.0377. The fourth-order valence-electron chi connectivity index (χ4n) is 3.69. The highest BCUT2D eigenvalue weighted by molar-refractivity contribution is 5.98. The Kier molecular flexibility index (Phi) is 6.39. The van der Waals surface area contributed by atoms with Crippen LogP contribution in [0.2, 0.25) is 0 Å². The van der Waals surface area contributed by atoms with Gasteiger partial charge in [0.15, 0.2) is 17.1 Å². The largest absolute Gasteiger partial charge is 0.459 e. The van der Waals surface area contributed by atoms with Crippen LogP contribution in [0.4, 0.5) is 8.78 Å². The fourth-order valence-corrected chi connectivity index (χ4v) is 3.69. The Morgan fingerprint density at radius 2 is 1.74 bits per heavy atom. The lowest BCUT2D eigenvalue weighted by Crippen LogP contribution is -2.25. The molecule has 0 aliphatic carbocycles. The van der Waals surface area contributed by atoms with Gasteiger partial charge < -0.3 is 14.5 Å². The summed E-state index contributed by atoms with van der Waals surface area (Å²) in [6.45, 7) is 8.09. The zero-order valence-corrected chi connectivity index (χ0v) is 20.0. The van der Waals surface area contributed by atoms with E-state index in [-0.39, 0.29) is 28.5 Å². The third kappa shape index (κ3) is 4.51. The van der Waals surface area contributed by atoms with Crippen molar-refractivity contribution in [3.8, 4) is 22.9 Å². The summed E-state index contributed by atoms with van der Waals surface area (Å²) in [5, 5.41) is 0.721. The fraction of sp³-hybridized carbons (Fsp3) is 0.222. The van der Waals surface area contributed by atoms with E-state index in [0.717, 1.165) is 11.5 Å². The van der Waals surface area contributed by atoms with Crippen molar-refractivity contribution in [2.75, 3.05) is 0 Å². The Bertz CT molecular complexity index is 1530. The maximum Gasteiger partial charge on any atom is 0.344 e. The summed E-state index contributed by atoms with van der Waals surface area (Å²) in [5.74, 6) is -2.77. The Hall–Kier alpha value is -4.07. The van der Waals surface area contributed by atoms with E-state index in [1.807, 2.05) is 12.1 Å². The van der Waals surface area contributed by atoms with Crippen LogP contribution in [-0.2, 0) is 4.74 Å².